The number of ether oxygens (including phenoxy) is 1. The van der Waals surface area contributed by atoms with Crippen molar-refractivity contribution in [2.45, 2.75) is 24.4 Å². The van der Waals surface area contributed by atoms with E-state index in [0.717, 1.165) is 6.20 Å². The van der Waals surface area contributed by atoms with Crippen LogP contribution in [0.3, 0.4) is 0 Å². The number of nitrogens with one attached hydrogen (secondary N) is 2. The number of H-pyrrole nitrogens is 2. The van der Waals surface area contributed by atoms with Crippen molar-refractivity contribution in [3.8, 4) is 0 Å². The zero-order valence-corrected chi connectivity index (χ0v) is 8.66. The van der Waals surface area contributed by atoms with Crippen molar-refractivity contribution in [3.63, 3.8) is 0 Å². The first kappa shape index (κ1) is 12.0. The van der Waals surface area contributed by atoms with Crippen molar-refractivity contribution in [2.75, 3.05) is 6.61 Å². The first-order valence-electron chi connectivity index (χ1n) is 4.99. The van der Waals surface area contributed by atoms with Gasteiger partial charge >= 0.3 is 5.69 Å². The largest absolute Gasteiger partial charge is 0.394 e. The number of aliphatic hydroxyl groups excluding tert-OH is 3. The third-order valence-electron chi connectivity index (χ3n) is 2.70. The standard InChI is InChI=1S/C9H12N2O6/c12-2-4-5(13)6(14)7(17-4)3-1-10-9(16)11-8(3)15/h1,4-7,12-14H,2H2,(H2,10,11,15,16)/t4-,5+,6-,7+/m1/s1. The summed E-state index contributed by atoms with van der Waals surface area (Å²) in [6, 6.07) is 0. The minimum atomic E-state index is -1.33. The van der Waals surface area contributed by atoms with Gasteiger partial charge in [0.25, 0.3) is 5.56 Å². The minimum absolute atomic E-state index is 0.00731. The molecule has 4 atom stereocenters. The number of hydrogen-bond donors (Lipinski definition) is 5. The summed E-state index contributed by atoms with van der Waals surface area (Å²) in [4.78, 5) is 26.5. The molecule has 0 aromatic carbocycles. The summed E-state index contributed by atoms with van der Waals surface area (Å²) in [5, 5.41) is 28.1. The predicted molar refractivity (Wildman–Crippen MR) is 54.4 cm³/mol. The molecule has 0 amide bonds. The number of aromatic amines is 2. The number of aromatic nitrogens is 2. The molecule has 1 aliphatic rings. The Labute approximate surface area is 94.5 Å². The van der Waals surface area contributed by atoms with Crippen LogP contribution in [0.15, 0.2) is 15.8 Å². The maximum absolute atomic E-state index is 11.5. The van der Waals surface area contributed by atoms with E-state index in [1.54, 1.807) is 0 Å². The summed E-state index contributed by atoms with van der Waals surface area (Å²) in [6.45, 7) is -0.476. The van der Waals surface area contributed by atoms with Crippen LogP contribution in [0.2, 0.25) is 0 Å². The van der Waals surface area contributed by atoms with Gasteiger partial charge in [0, 0.05) is 6.20 Å². The van der Waals surface area contributed by atoms with Gasteiger partial charge in [-0.15, -0.1) is 0 Å². The Kier molecular flexibility index (Phi) is 3.11. The van der Waals surface area contributed by atoms with E-state index >= 15 is 0 Å². The smallest absolute Gasteiger partial charge is 0.325 e. The second kappa shape index (κ2) is 4.41. The fraction of sp³-hybridized carbons (Fsp3) is 0.556. The molecule has 1 saturated heterocycles. The Morgan fingerprint density at radius 2 is 2.00 bits per heavy atom. The van der Waals surface area contributed by atoms with Crippen molar-refractivity contribution in [2.24, 2.45) is 0 Å². The minimum Gasteiger partial charge on any atom is -0.394 e. The van der Waals surface area contributed by atoms with Gasteiger partial charge in [0.2, 0.25) is 0 Å². The summed E-state index contributed by atoms with van der Waals surface area (Å²) >= 11 is 0. The maximum Gasteiger partial charge on any atom is 0.325 e. The fourth-order valence-electron chi connectivity index (χ4n) is 1.79. The lowest BCUT2D eigenvalue weighted by Crippen LogP contribution is -2.34. The van der Waals surface area contributed by atoms with E-state index in [4.69, 9.17) is 9.84 Å². The van der Waals surface area contributed by atoms with Crippen LogP contribution >= 0.6 is 0 Å². The average molecular weight is 244 g/mol. The molecule has 0 bridgehead atoms. The summed E-state index contributed by atoms with van der Waals surface area (Å²) < 4.78 is 5.15. The zero-order chi connectivity index (χ0) is 12.6. The number of aliphatic hydroxyl groups is 3. The second-order valence-corrected chi connectivity index (χ2v) is 3.79. The Hall–Kier alpha value is -1.48. The third kappa shape index (κ3) is 2.03. The van der Waals surface area contributed by atoms with E-state index in [0.29, 0.717) is 0 Å². The zero-order valence-electron chi connectivity index (χ0n) is 8.66. The van der Waals surface area contributed by atoms with Gasteiger partial charge in [0.1, 0.15) is 24.4 Å². The van der Waals surface area contributed by atoms with Crippen LogP contribution in [0.5, 0.6) is 0 Å². The second-order valence-electron chi connectivity index (χ2n) is 3.79. The molecule has 0 radical (unpaired) electrons. The van der Waals surface area contributed by atoms with Crippen LogP contribution in [0.1, 0.15) is 11.7 Å². The van der Waals surface area contributed by atoms with E-state index in [9.17, 15) is 19.8 Å². The third-order valence-corrected chi connectivity index (χ3v) is 2.70. The number of hydrogen-bond acceptors (Lipinski definition) is 6. The molecule has 1 aromatic rings. The average Bonchev–Trinajstić information content (AvgIpc) is 2.57. The monoisotopic (exact) mass is 244 g/mol. The molecule has 1 aromatic heterocycles. The first-order chi connectivity index (χ1) is 8.04. The van der Waals surface area contributed by atoms with E-state index in [1.165, 1.54) is 0 Å². The van der Waals surface area contributed by atoms with Gasteiger partial charge < -0.3 is 25.0 Å². The van der Waals surface area contributed by atoms with E-state index < -0.39 is 42.3 Å². The molecule has 2 rings (SSSR count). The van der Waals surface area contributed by atoms with Gasteiger partial charge in [-0.25, -0.2) is 4.79 Å². The Morgan fingerprint density at radius 3 is 2.53 bits per heavy atom. The molecular weight excluding hydrogens is 232 g/mol. The summed E-state index contributed by atoms with van der Waals surface area (Å²) in [7, 11) is 0. The van der Waals surface area contributed by atoms with Gasteiger partial charge in [-0.05, 0) is 0 Å². The van der Waals surface area contributed by atoms with Crippen LogP contribution in [0, 0.1) is 0 Å². The quantitative estimate of drug-likeness (QED) is 0.382. The summed E-state index contributed by atoms with van der Waals surface area (Å²) in [5.41, 5.74) is -1.39. The predicted octanol–water partition coefficient (Wildman–Crippen LogP) is -2.78. The van der Waals surface area contributed by atoms with Gasteiger partial charge in [-0.1, -0.05) is 0 Å². The molecule has 2 heterocycles. The first-order valence-corrected chi connectivity index (χ1v) is 4.99. The SMILES string of the molecule is O=c1[nH]cc([C@@H]2O[C@H](CO)[C@H](O)[C@H]2O)c(=O)[nH]1. The van der Waals surface area contributed by atoms with E-state index in [1.807, 2.05) is 4.98 Å². The molecule has 8 heteroatoms. The summed E-state index contributed by atoms with van der Waals surface area (Å²) in [5.74, 6) is 0. The van der Waals surface area contributed by atoms with Gasteiger partial charge in [0.15, 0.2) is 0 Å². The highest BCUT2D eigenvalue weighted by molar-refractivity contribution is 5.13. The molecule has 8 nitrogen and oxygen atoms in total. The van der Waals surface area contributed by atoms with Crippen molar-refractivity contribution in [3.05, 3.63) is 32.6 Å². The van der Waals surface area contributed by atoms with Crippen LogP contribution in [0.4, 0.5) is 0 Å². The lowest BCUT2D eigenvalue weighted by molar-refractivity contribution is -0.0232. The number of rotatable bonds is 2. The van der Waals surface area contributed by atoms with Gasteiger partial charge in [-0.3, -0.25) is 9.78 Å². The highest BCUT2D eigenvalue weighted by atomic mass is 16.6. The Balaban J connectivity index is 2.35. The van der Waals surface area contributed by atoms with Crippen molar-refractivity contribution < 1.29 is 20.1 Å². The highest BCUT2D eigenvalue weighted by Crippen LogP contribution is 2.31. The van der Waals surface area contributed by atoms with Crippen LogP contribution in [-0.2, 0) is 4.74 Å². The maximum atomic E-state index is 11.5. The summed E-state index contributed by atoms with van der Waals surface area (Å²) in [6.07, 6.45) is -3.54. The Bertz CT molecular complexity index is 509. The molecule has 0 saturated carbocycles. The van der Waals surface area contributed by atoms with E-state index in [2.05, 4.69) is 4.98 Å². The molecule has 1 fully saturated rings. The van der Waals surface area contributed by atoms with Gasteiger partial charge in [-0.2, -0.15) is 0 Å². The lowest BCUT2D eigenvalue weighted by Gasteiger charge is -2.13. The fourth-order valence-corrected chi connectivity index (χ4v) is 1.79. The molecule has 17 heavy (non-hydrogen) atoms. The van der Waals surface area contributed by atoms with E-state index in [-0.39, 0.29) is 5.56 Å². The lowest BCUT2D eigenvalue weighted by atomic mass is 10.0. The van der Waals surface area contributed by atoms with Crippen molar-refractivity contribution in [1.82, 2.24) is 9.97 Å². The Morgan fingerprint density at radius 1 is 1.29 bits per heavy atom. The molecule has 5 N–H and O–H groups in total. The molecular formula is C9H12N2O6. The topological polar surface area (TPSA) is 136 Å². The van der Waals surface area contributed by atoms with Crippen molar-refractivity contribution in [1.29, 1.82) is 0 Å². The molecule has 1 aliphatic heterocycles. The highest BCUT2D eigenvalue weighted by Gasteiger charge is 2.44. The molecule has 94 valence electrons. The van der Waals surface area contributed by atoms with Crippen LogP contribution in [-0.4, -0.2) is 50.2 Å². The molecule has 0 spiro atoms. The molecule has 0 unspecified atom stereocenters. The van der Waals surface area contributed by atoms with Crippen molar-refractivity contribution >= 4 is 0 Å². The normalized spacial score (nSPS) is 32.9. The molecule has 0 aliphatic carbocycles. The van der Waals surface area contributed by atoms with Gasteiger partial charge in [0.05, 0.1) is 12.2 Å². The van der Waals surface area contributed by atoms with Crippen LogP contribution < -0.4 is 11.2 Å². The van der Waals surface area contributed by atoms with Crippen LogP contribution in [0.25, 0.3) is 0 Å².